The molecule has 0 aliphatic rings. The predicted molar refractivity (Wildman–Crippen MR) is 219 cm³/mol. The first-order chi connectivity index (χ1) is 25.5. The number of esters is 3. The molecule has 0 heterocycles. The highest BCUT2D eigenvalue weighted by atomic mass is 16.6. The van der Waals surface area contributed by atoms with E-state index in [1.165, 1.54) is 51.4 Å². The van der Waals surface area contributed by atoms with Crippen molar-refractivity contribution < 1.29 is 28.6 Å². The van der Waals surface area contributed by atoms with Crippen LogP contribution in [0.5, 0.6) is 0 Å². The molecule has 0 rings (SSSR count). The average molecular weight is 725 g/mol. The minimum absolute atomic E-state index is 0.102. The highest BCUT2D eigenvalue weighted by Crippen LogP contribution is 2.12. The molecule has 52 heavy (non-hydrogen) atoms. The van der Waals surface area contributed by atoms with Crippen LogP contribution in [0, 0.1) is 0 Å². The lowest BCUT2D eigenvalue weighted by Gasteiger charge is -2.18. The zero-order chi connectivity index (χ0) is 38.0. The van der Waals surface area contributed by atoms with E-state index < -0.39 is 12.1 Å². The molecule has 0 N–H and O–H groups in total. The number of hydrogen-bond acceptors (Lipinski definition) is 6. The van der Waals surface area contributed by atoms with Crippen LogP contribution in [0.1, 0.15) is 181 Å². The van der Waals surface area contributed by atoms with Crippen LogP contribution in [-0.2, 0) is 28.6 Å². The van der Waals surface area contributed by atoms with Gasteiger partial charge in [-0.25, -0.2) is 0 Å². The summed E-state index contributed by atoms with van der Waals surface area (Å²) in [6.45, 7) is 6.25. The minimum atomic E-state index is -0.824. The van der Waals surface area contributed by atoms with Crippen molar-refractivity contribution in [3.63, 3.8) is 0 Å². The van der Waals surface area contributed by atoms with Gasteiger partial charge in [0, 0.05) is 12.8 Å². The molecule has 0 aliphatic heterocycles. The maximum Gasteiger partial charge on any atom is 0.310 e. The normalized spacial score (nSPS) is 12.8. The van der Waals surface area contributed by atoms with Crippen LogP contribution in [0.2, 0.25) is 0 Å². The number of ether oxygens (including phenoxy) is 3. The summed E-state index contributed by atoms with van der Waals surface area (Å²) in [7, 11) is 0. The Hall–Kier alpha value is -3.15. The van der Waals surface area contributed by atoms with Crippen LogP contribution in [0.25, 0.3) is 0 Å². The third kappa shape index (κ3) is 38.1. The molecule has 0 aliphatic carbocycles. The molecule has 0 saturated heterocycles. The summed E-state index contributed by atoms with van der Waals surface area (Å²) in [5.41, 5.74) is 0. The fourth-order valence-electron chi connectivity index (χ4n) is 5.40. The molecule has 6 nitrogen and oxygen atoms in total. The highest BCUT2D eigenvalue weighted by Gasteiger charge is 2.19. The van der Waals surface area contributed by atoms with E-state index >= 15 is 0 Å². The topological polar surface area (TPSA) is 78.9 Å². The first kappa shape index (κ1) is 48.9. The fraction of sp³-hybridized carbons (Fsp3) is 0.674. The van der Waals surface area contributed by atoms with Crippen LogP contribution in [-0.4, -0.2) is 37.2 Å². The molecule has 1 atom stereocenters. The van der Waals surface area contributed by atoms with Gasteiger partial charge in [-0.3, -0.25) is 14.4 Å². The lowest BCUT2D eigenvalue weighted by molar-refractivity contribution is -0.166. The van der Waals surface area contributed by atoms with Gasteiger partial charge in [0.15, 0.2) is 6.10 Å². The van der Waals surface area contributed by atoms with E-state index in [4.69, 9.17) is 14.2 Å². The molecular weight excluding hydrogens is 648 g/mol. The van der Waals surface area contributed by atoms with Gasteiger partial charge in [-0.05, 0) is 64.2 Å². The SMILES string of the molecule is CC/C=C\C/C=C\C/C=C\CCCCCCCCC(=O)OCC(COC(=O)CCCCCCCCCCC)OC(=O)C/C=C\C/C=C\C/C=C\CC. The summed E-state index contributed by atoms with van der Waals surface area (Å²) >= 11 is 0. The van der Waals surface area contributed by atoms with Crippen molar-refractivity contribution in [3.8, 4) is 0 Å². The molecule has 0 bridgehead atoms. The monoisotopic (exact) mass is 725 g/mol. The maximum atomic E-state index is 12.6. The van der Waals surface area contributed by atoms with Gasteiger partial charge < -0.3 is 14.2 Å². The molecule has 296 valence electrons. The lowest BCUT2D eigenvalue weighted by atomic mass is 10.1. The van der Waals surface area contributed by atoms with Gasteiger partial charge in [0.25, 0.3) is 0 Å². The van der Waals surface area contributed by atoms with Crippen molar-refractivity contribution >= 4 is 17.9 Å². The van der Waals surface area contributed by atoms with E-state index in [1.807, 2.05) is 6.08 Å². The van der Waals surface area contributed by atoms with Crippen LogP contribution >= 0.6 is 0 Å². The second-order valence-electron chi connectivity index (χ2n) is 13.5. The van der Waals surface area contributed by atoms with E-state index in [0.717, 1.165) is 89.9 Å². The Morgan fingerprint density at radius 2 is 0.808 bits per heavy atom. The Morgan fingerprint density at radius 3 is 1.27 bits per heavy atom. The van der Waals surface area contributed by atoms with E-state index in [2.05, 4.69) is 81.5 Å². The Kier molecular flexibility index (Phi) is 38.2. The second kappa shape index (κ2) is 40.6. The Bertz CT molecular complexity index is 1020. The molecule has 6 heteroatoms. The summed E-state index contributed by atoms with van der Waals surface area (Å²) in [6.07, 6.45) is 49.2. The molecule has 0 spiro atoms. The molecule has 0 saturated carbocycles. The fourth-order valence-corrected chi connectivity index (χ4v) is 5.40. The summed E-state index contributed by atoms with van der Waals surface area (Å²) in [5.74, 6) is -1.07. The van der Waals surface area contributed by atoms with Crippen molar-refractivity contribution in [2.45, 2.75) is 187 Å². The number of unbranched alkanes of at least 4 members (excludes halogenated alkanes) is 14. The highest BCUT2D eigenvalue weighted by molar-refractivity contribution is 5.72. The zero-order valence-corrected chi connectivity index (χ0v) is 33.5. The van der Waals surface area contributed by atoms with Gasteiger partial charge in [-0.15, -0.1) is 0 Å². The first-order valence-electron chi connectivity index (χ1n) is 20.9. The van der Waals surface area contributed by atoms with Crippen molar-refractivity contribution in [1.82, 2.24) is 0 Å². The van der Waals surface area contributed by atoms with Gasteiger partial charge in [0.05, 0.1) is 6.42 Å². The second-order valence-corrected chi connectivity index (χ2v) is 13.5. The van der Waals surface area contributed by atoms with Crippen LogP contribution < -0.4 is 0 Å². The van der Waals surface area contributed by atoms with E-state index in [0.29, 0.717) is 12.8 Å². The average Bonchev–Trinajstić information content (AvgIpc) is 3.14. The number of hydrogen-bond donors (Lipinski definition) is 0. The third-order valence-corrected chi connectivity index (χ3v) is 8.49. The van der Waals surface area contributed by atoms with Gasteiger partial charge in [0.1, 0.15) is 13.2 Å². The maximum absolute atomic E-state index is 12.6. The zero-order valence-electron chi connectivity index (χ0n) is 33.5. The molecular formula is C46H76O6. The number of allylic oxidation sites excluding steroid dienone is 11. The van der Waals surface area contributed by atoms with E-state index in [1.54, 1.807) is 6.08 Å². The van der Waals surface area contributed by atoms with Crippen LogP contribution in [0.15, 0.2) is 72.9 Å². The van der Waals surface area contributed by atoms with Crippen molar-refractivity contribution in [2.24, 2.45) is 0 Å². The van der Waals surface area contributed by atoms with Crippen molar-refractivity contribution in [1.29, 1.82) is 0 Å². The smallest absolute Gasteiger partial charge is 0.310 e. The minimum Gasteiger partial charge on any atom is -0.462 e. The Labute approximate surface area is 319 Å². The van der Waals surface area contributed by atoms with Gasteiger partial charge >= 0.3 is 17.9 Å². The first-order valence-corrected chi connectivity index (χ1v) is 20.9. The van der Waals surface area contributed by atoms with Crippen molar-refractivity contribution in [2.75, 3.05) is 13.2 Å². The van der Waals surface area contributed by atoms with Gasteiger partial charge in [-0.1, -0.05) is 171 Å². The Balaban J connectivity index is 4.42. The standard InChI is InChI=1S/C46H76O6/c1-4-7-10-13-16-19-20-21-22-23-24-25-28-30-33-36-39-45(48)51-42-43(52-46(49)40-37-34-31-27-18-15-12-9-6-3)41-50-44(47)38-35-32-29-26-17-14-11-8-5-2/h7,9-10,12,16,18-19,21-22,27,34,37,43H,4-6,8,11,13-15,17,20,23-26,28-33,35-36,38-42H2,1-3H3/b10-7-,12-9-,19-16-,22-21-,27-18-,37-34-. The van der Waals surface area contributed by atoms with E-state index in [9.17, 15) is 14.4 Å². The molecule has 0 fully saturated rings. The summed E-state index contributed by atoms with van der Waals surface area (Å²) < 4.78 is 16.5. The molecule has 0 radical (unpaired) electrons. The predicted octanol–water partition coefficient (Wildman–Crippen LogP) is 13.1. The van der Waals surface area contributed by atoms with Gasteiger partial charge in [0.2, 0.25) is 0 Å². The Morgan fingerprint density at radius 1 is 0.423 bits per heavy atom. The van der Waals surface area contributed by atoms with Gasteiger partial charge in [-0.2, -0.15) is 0 Å². The van der Waals surface area contributed by atoms with Crippen LogP contribution in [0.3, 0.4) is 0 Å². The quantitative estimate of drug-likeness (QED) is 0.0277. The largest absolute Gasteiger partial charge is 0.462 e. The van der Waals surface area contributed by atoms with Crippen LogP contribution in [0.4, 0.5) is 0 Å². The van der Waals surface area contributed by atoms with Crippen molar-refractivity contribution in [3.05, 3.63) is 72.9 Å². The molecule has 0 aromatic carbocycles. The third-order valence-electron chi connectivity index (χ3n) is 8.49. The molecule has 0 aromatic heterocycles. The molecule has 1 unspecified atom stereocenters. The van der Waals surface area contributed by atoms with E-state index in [-0.39, 0.29) is 31.6 Å². The summed E-state index contributed by atoms with van der Waals surface area (Å²) in [5, 5.41) is 0. The molecule has 0 aromatic rings. The number of carbonyl (C=O) groups excluding carboxylic acids is 3. The summed E-state index contributed by atoms with van der Waals surface area (Å²) in [6, 6.07) is 0. The number of carbonyl (C=O) groups is 3. The summed E-state index contributed by atoms with van der Waals surface area (Å²) in [4.78, 5) is 37.4. The number of rotatable bonds is 36. The lowest BCUT2D eigenvalue weighted by Crippen LogP contribution is -2.30. The molecule has 0 amide bonds.